The van der Waals surface area contributed by atoms with E-state index in [1.54, 1.807) is 48.5 Å². The predicted molar refractivity (Wildman–Crippen MR) is 127 cm³/mol. The van der Waals surface area contributed by atoms with Gasteiger partial charge in [-0.15, -0.1) is 0 Å². The SMILES string of the molecule is NOOc1ccc(C(=O)Oc2ccc(-c3ccc(OC(=O)c4ccc([N+](=O)[O-])cc4)cc3)cc2)cc1. The molecule has 2 N–H and O–H groups in total. The van der Waals surface area contributed by atoms with E-state index in [4.69, 9.17) is 15.4 Å². The van der Waals surface area contributed by atoms with Gasteiger partial charge in [-0.05, 0) is 71.8 Å². The number of nitrogens with two attached hydrogens (primary N) is 1. The van der Waals surface area contributed by atoms with Crippen LogP contribution in [0.1, 0.15) is 20.7 Å². The topological polar surface area (TPSA) is 140 Å². The molecule has 10 nitrogen and oxygen atoms in total. The van der Waals surface area contributed by atoms with Crippen LogP contribution in [-0.2, 0) is 4.99 Å². The summed E-state index contributed by atoms with van der Waals surface area (Å²) in [6.07, 6.45) is 0. The number of nitro groups is 1. The molecule has 0 heterocycles. The maximum absolute atomic E-state index is 12.3. The summed E-state index contributed by atoms with van der Waals surface area (Å²) in [7, 11) is 0. The fourth-order valence-electron chi connectivity index (χ4n) is 3.18. The maximum Gasteiger partial charge on any atom is 0.343 e. The van der Waals surface area contributed by atoms with Crippen LogP contribution in [0.3, 0.4) is 0 Å². The van der Waals surface area contributed by atoms with Crippen molar-refractivity contribution in [1.82, 2.24) is 0 Å². The molecule has 0 saturated heterocycles. The van der Waals surface area contributed by atoms with Gasteiger partial charge in [0.15, 0.2) is 5.75 Å². The van der Waals surface area contributed by atoms with Crippen LogP contribution in [0.2, 0.25) is 0 Å². The Morgan fingerprint density at radius 3 is 1.39 bits per heavy atom. The Bertz CT molecular complexity index is 1370. The lowest BCUT2D eigenvalue weighted by Crippen LogP contribution is -2.08. The van der Waals surface area contributed by atoms with Crippen molar-refractivity contribution in [2.24, 2.45) is 5.90 Å². The van der Waals surface area contributed by atoms with E-state index >= 15 is 0 Å². The van der Waals surface area contributed by atoms with Gasteiger partial charge < -0.3 is 14.4 Å². The molecule has 0 amide bonds. The Labute approximate surface area is 204 Å². The number of nitrogens with zero attached hydrogens (tertiary/aromatic N) is 1. The molecule has 4 aromatic carbocycles. The number of hydrogen-bond acceptors (Lipinski definition) is 9. The van der Waals surface area contributed by atoms with Crippen LogP contribution in [0.15, 0.2) is 97.1 Å². The summed E-state index contributed by atoms with van der Waals surface area (Å²) in [5.41, 5.74) is 2.11. The van der Waals surface area contributed by atoms with Crippen molar-refractivity contribution in [2.75, 3.05) is 0 Å². The summed E-state index contributed by atoms with van der Waals surface area (Å²) in [6, 6.07) is 24.9. The lowest BCUT2D eigenvalue weighted by molar-refractivity contribution is -0.384. The Kier molecular flexibility index (Phi) is 7.30. The number of esters is 2. The van der Waals surface area contributed by atoms with Crippen LogP contribution in [0.25, 0.3) is 11.1 Å². The average molecular weight is 486 g/mol. The Morgan fingerprint density at radius 1 is 0.611 bits per heavy atom. The molecule has 0 aliphatic carbocycles. The third-order valence-corrected chi connectivity index (χ3v) is 5.01. The third-order valence-electron chi connectivity index (χ3n) is 5.01. The number of hydrogen-bond donors (Lipinski definition) is 1. The molecule has 4 rings (SSSR count). The molecule has 0 unspecified atom stereocenters. The molecule has 0 fully saturated rings. The fraction of sp³-hybridized carbons (Fsp3) is 0. The van der Waals surface area contributed by atoms with Crippen molar-refractivity contribution >= 4 is 17.6 Å². The second-order valence-electron chi connectivity index (χ2n) is 7.34. The molecule has 0 aromatic heterocycles. The molecule has 4 aromatic rings. The smallest absolute Gasteiger partial charge is 0.343 e. The Morgan fingerprint density at radius 2 is 1.00 bits per heavy atom. The normalized spacial score (nSPS) is 10.4. The van der Waals surface area contributed by atoms with E-state index in [1.807, 2.05) is 0 Å². The van der Waals surface area contributed by atoms with Crippen molar-refractivity contribution in [3.63, 3.8) is 0 Å². The highest BCUT2D eigenvalue weighted by Gasteiger charge is 2.12. The van der Waals surface area contributed by atoms with E-state index in [1.165, 1.54) is 48.5 Å². The molecule has 0 aliphatic rings. The van der Waals surface area contributed by atoms with Gasteiger partial charge in [0.25, 0.3) is 5.69 Å². The number of carbonyl (C=O) groups excluding carboxylic acids is 2. The molecule has 0 bridgehead atoms. The summed E-state index contributed by atoms with van der Waals surface area (Å²) < 4.78 is 10.7. The van der Waals surface area contributed by atoms with E-state index < -0.39 is 16.9 Å². The van der Waals surface area contributed by atoms with Crippen LogP contribution >= 0.6 is 0 Å². The number of carbonyl (C=O) groups is 2. The van der Waals surface area contributed by atoms with E-state index in [-0.39, 0.29) is 11.3 Å². The molecular weight excluding hydrogens is 468 g/mol. The zero-order chi connectivity index (χ0) is 25.5. The fourth-order valence-corrected chi connectivity index (χ4v) is 3.18. The van der Waals surface area contributed by atoms with Crippen molar-refractivity contribution in [3.05, 3.63) is 118 Å². The molecular formula is C26H18N2O8. The standard InChI is InChI=1S/C26H18N2O8/c27-36-35-24-15-7-20(8-16-24)26(30)34-23-13-5-18(6-14-23)17-3-11-22(12-4-17)33-25(29)19-1-9-21(10-2-19)28(31)32/h1-16H,27H2. The van der Waals surface area contributed by atoms with Gasteiger partial charge in [-0.1, -0.05) is 29.3 Å². The summed E-state index contributed by atoms with van der Waals surface area (Å²) >= 11 is 0. The number of rotatable bonds is 8. The van der Waals surface area contributed by atoms with Crippen LogP contribution < -0.4 is 20.3 Å². The highest BCUT2D eigenvalue weighted by atomic mass is 17.3. The molecule has 36 heavy (non-hydrogen) atoms. The summed E-state index contributed by atoms with van der Waals surface area (Å²) in [5, 5.41) is 10.7. The van der Waals surface area contributed by atoms with E-state index in [0.29, 0.717) is 22.8 Å². The van der Waals surface area contributed by atoms with Gasteiger partial charge in [0.2, 0.25) is 0 Å². The summed E-state index contributed by atoms with van der Waals surface area (Å²) in [6.45, 7) is 0. The van der Waals surface area contributed by atoms with Crippen LogP contribution in [0.5, 0.6) is 17.2 Å². The maximum atomic E-state index is 12.3. The zero-order valence-corrected chi connectivity index (χ0v) is 18.5. The average Bonchev–Trinajstić information content (AvgIpc) is 2.90. The largest absolute Gasteiger partial charge is 0.423 e. The van der Waals surface area contributed by atoms with E-state index in [0.717, 1.165) is 11.1 Å². The molecule has 0 radical (unpaired) electrons. The third kappa shape index (κ3) is 5.89. The first-order valence-corrected chi connectivity index (χ1v) is 10.5. The minimum atomic E-state index is -0.626. The van der Waals surface area contributed by atoms with Gasteiger partial charge >= 0.3 is 11.9 Å². The van der Waals surface area contributed by atoms with Crippen molar-refractivity contribution in [2.45, 2.75) is 0 Å². The summed E-state index contributed by atoms with van der Waals surface area (Å²) in [5.74, 6) is 4.68. The minimum absolute atomic E-state index is 0.112. The first kappa shape index (κ1) is 24.1. The van der Waals surface area contributed by atoms with Crippen LogP contribution in [-0.4, -0.2) is 16.9 Å². The predicted octanol–water partition coefficient (Wildman–Crippen LogP) is 4.88. The Hall–Kier alpha value is -5.06. The van der Waals surface area contributed by atoms with Gasteiger partial charge in [-0.2, -0.15) is 5.90 Å². The molecule has 0 saturated carbocycles. The first-order valence-electron chi connectivity index (χ1n) is 10.5. The number of ether oxygens (including phenoxy) is 2. The van der Waals surface area contributed by atoms with Gasteiger partial charge in [0.05, 0.1) is 16.1 Å². The number of benzene rings is 4. The van der Waals surface area contributed by atoms with Crippen molar-refractivity contribution in [1.29, 1.82) is 0 Å². The minimum Gasteiger partial charge on any atom is -0.423 e. The molecule has 180 valence electrons. The van der Waals surface area contributed by atoms with E-state index in [2.05, 4.69) is 9.88 Å². The van der Waals surface area contributed by atoms with Gasteiger partial charge in [0.1, 0.15) is 11.5 Å². The Balaban J connectivity index is 1.36. The molecule has 0 atom stereocenters. The lowest BCUT2D eigenvalue weighted by atomic mass is 10.1. The second kappa shape index (κ2) is 10.9. The zero-order valence-electron chi connectivity index (χ0n) is 18.5. The molecule has 0 aliphatic heterocycles. The van der Waals surface area contributed by atoms with Crippen molar-refractivity contribution in [3.8, 4) is 28.4 Å². The monoisotopic (exact) mass is 486 g/mol. The van der Waals surface area contributed by atoms with Gasteiger partial charge in [0, 0.05) is 12.1 Å². The lowest BCUT2D eigenvalue weighted by Gasteiger charge is -2.08. The highest BCUT2D eigenvalue weighted by Crippen LogP contribution is 2.26. The summed E-state index contributed by atoms with van der Waals surface area (Å²) in [4.78, 5) is 43.5. The van der Waals surface area contributed by atoms with Crippen molar-refractivity contribution < 1.29 is 33.9 Å². The first-order chi connectivity index (χ1) is 17.4. The number of non-ortho nitro benzene ring substituents is 1. The molecule has 10 heteroatoms. The van der Waals surface area contributed by atoms with E-state index in [9.17, 15) is 19.7 Å². The second-order valence-corrected chi connectivity index (χ2v) is 7.34. The van der Waals surface area contributed by atoms with Gasteiger partial charge in [-0.25, -0.2) is 9.59 Å². The highest BCUT2D eigenvalue weighted by molar-refractivity contribution is 5.92. The van der Waals surface area contributed by atoms with Gasteiger partial charge in [-0.3, -0.25) is 10.1 Å². The quantitative estimate of drug-likeness (QED) is 0.121. The van der Waals surface area contributed by atoms with Crippen LogP contribution in [0.4, 0.5) is 5.69 Å². The van der Waals surface area contributed by atoms with Crippen LogP contribution in [0, 0.1) is 10.1 Å². The number of nitro benzene ring substituents is 1. The molecule has 0 spiro atoms.